The zero-order valence-electron chi connectivity index (χ0n) is 10.2. The van der Waals surface area contributed by atoms with Crippen LogP contribution in [0.4, 0.5) is 34.6 Å². The maximum Gasteiger partial charge on any atom is 0.416 e. The van der Waals surface area contributed by atoms with E-state index in [1.165, 1.54) is 12.1 Å². The molecule has 0 spiro atoms. The summed E-state index contributed by atoms with van der Waals surface area (Å²) in [4.78, 5) is 0. The number of nitrogens with one attached hydrogen (secondary N) is 1. The van der Waals surface area contributed by atoms with Crippen molar-refractivity contribution in [3.63, 3.8) is 0 Å². The fourth-order valence-corrected chi connectivity index (χ4v) is 2.25. The Labute approximate surface area is 131 Å². The SMILES string of the molecule is Nc1cc(Br)c(F)cc1Nc1cc(Cl)cc(C(F)(F)F)c1. The van der Waals surface area contributed by atoms with Gasteiger partial charge >= 0.3 is 6.18 Å². The van der Waals surface area contributed by atoms with Crippen LogP contribution in [-0.2, 0) is 6.18 Å². The molecule has 0 saturated heterocycles. The summed E-state index contributed by atoms with van der Waals surface area (Å²) in [5.74, 6) is -0.593. The normalized spacial score (nSPS) is 11.5. The third-order valence-electron chi connectivity index (χ3n) is 2.60. The standard InChI is InChI=1S/C13H8BrClF4N2/c14-9-4-11(20)12(5-10(9)16)21-8-2-6(13(17,18)19)1-7(15)3-8/h1-5,21H,20H2. The van der Waals surface area contributed by atoms with Crippen LogP contribution in [0.2, 0.25) is 5.02 Å². The van der Waals surface area contributed by atoms with Gasteiger partial charge in [0, 0.05) is 16.8 Å². The highest BCUT2D eigenvalue weighted by molar-refractivity contribution is 9.10. The van der Waals surface area contributed by atoms with Crippen LogP contribution >= 0.6 is 27.5 Å². The van der Waals surface area contributed by atoms with Crippen molar-refractivity contribution in [1.29, 1.82) is 0 Å². The van der Waals surface area contributed by atoms with Gasteiger partial charge in [-0.15, -0.1) is 0 Å². The number of hydrogen-bond acceptors (Lipinski definition) is 2. The van der Waals surface area contributed by atoms with Crippen LogP contribution in [0.5, 0.6) is 0 Å². The number of nitrogens with two attached hydrogens (primary N) is 1. The predicted octanol–water partition coefficient (Wildman–Crippen LogP) is 5.59. The summed E-state index contributed by atoms with van der Waals surface area (Å²) in [7, 11) is 0. The first-order valence-corrected chi connectivity index (χ1v) is 6.73. The van der Waals surface area contributed by atoms with E-state index in [9.17, 15) is 17.6 Å². The van der Waals surface area contributed by atoms with Crippen molar-refractivity contribution in [2.45, 2.75) is 6.18 Å². The molecule has 0 bridgehead atoms. The highest BCUT2D eigenvalue weighted by Gasteiger charge is 2.31. The molecule has 21 heavy (non-hydrogen) atoms. The van der Waals surface area contributed by atoms with E-state index in [1.54, 1.807) is 0 Å². The second kappa shape index (κ2) is 5.73. The molecule has 0 saturated carbocycles. The summed E-state index contributed by atoms with van der Waals surface area (Å²) in [6.45, 7) is 0. The van der Waals surface area contributed by atoms with Crippen molar-refractivity contribution in [3.8, 4) is 0 Å². The zero-order chi connectivity index (χ0) is 15.8. The molecule has 3 N–H and O–H groups in total. The van der Waals surface area contributed by atoms with Crippen LogP contribution in [-0.4, -0.2) is 0 Å². The Morgan fingerprint density at radius 1 is 1.10 bits per heavy atom. The van der Waals surface area contributed by atoms with Crippen LogP contribution < -0.4 is 11.1 Å². The number of benzene rings is 2. The summed E-state index contributed by atoms with van der Waals surface area (Å²) < 4.78 is 51.7. The lowest BCUT2D eigenvalue weighted by atomic mass is 10.2. The van der Waals surface area contributed by atoms with Crippen LogP contribution in [0.1, 0.15) is 5.56 Å². The molecule has 0 aliphatic heterocycles. The van der Waals surface area contributed by atoms with E-state index in [1.807, 2.05) is 0 Å². The largest absolute Gasteiger partial charge is 0.416 e. The second-order valence-electron chi connectivity index (χ2n) is 4.20. The number of anilines is 3. The van der Waals surface area contributed by atoms with E-state index in [0.717, 1.165) is 18.2 Å². The molecule has 0 atom stereocenters. The first kappa shape index (κ1) is 15.9. The highest BCUT2D eigenvalue weighted by Crippen LogP contribution is 2.35. The lowest BCUT2D eigenvalue weighted by molar-refractivity contribution is -0.137. The minimum Gasteiger partial charge on any atom is -0.397 e. The van der Waals surface area contributed by atoms with Crippen molar-refractivity contribution < 1.29 is 17.6 Å². The summed E-state index contributed by atoms with van der Waals surface area (Å²) in [6, 6.07) is 5.35. The van der Waals surface area contributed by atoms with Gasteiger partial charge in [0.2, 0.25) is 0 Å². The monoisotopic (exact) mass is 382 g/mol. The Morgan fingerprint density at radius 2 is 1.76 bits per heavy atom. The Kier molecular flexibility index (Phi) is 4.34. The third-order valence-corrected chi connectivity index (χ3v) is 3.42. The summed E-state index contributed by atoms with van der Waals surface area (Å²) in [5, 5.41) is 2.53. The van der Waals surface area contributed by atoms with Gasteiger partial charge < -0.3 is 11.1 Å². The van der Waals surface area contributed by atoms with Crippen molar-refractivity contribution in [2.75, 3.05) is 11.1 Å². The van der Waals surface area contributed by atoms with E-state index in [0.29, 0.717) is 0 Å². The fourth-order valence-electron chi connectivity index (χ4n) is 1.65. The molecule has 2 aromatic rings. The Hall–Kier alpha value is -1.47. The third kappa shape index (κ3) is 3.79. The topological polar surface area (TPSA) is 38.0 Å². The Balaban J connectivity index is 2.40. The molecule has 0 radical (unpaired) electrons. The fraction of sp³-hybridized carbons (Fsp3) is 0.0769. The molecular weight excluding hydrogens is 376 g/mol. The smallest absolute Gasteiger partial charge is 0.397 e. The molecule has 0 amide bonds. The average molecular weight is 384 g/mol. The highest BCUT2D eigenvalue weighted by atomic mass is 79.9. The van der Waals surface area contributed by atoms with E-state index in [2.05, 4.69) is 21.2 Å². The van der Waals surface area contributed by atoms with Crippen LogP contribution in [0.25, 0.3) is 0 Å². The number of nitrogen functional groups attached to an aromatic ring is 1. The quantitative estimate of drug-likeness (QED) is 0.524. The lowest BCUT2D eigenvalue weighted by Gasteiger charge is -2.13. The van der Waals surface area contributed by atoms with Gasteiger partial charge in [0.25, 0.3) is 0 Å². The molecular formula is C13H8BrClF4N2. The van der Waals surface area contributed by atoms with E-state index in [-0.39, 0.29) is 26.6 Å². The summed E-state index contributed by atoms with van der Waals surface area (Å²) in [6.07, 6.45) is -4.53. The van der Waals surface area contributed by atoms with Gasteiger partial charge in [-0.05, 0) is 40.2 Å². The average Bonchev–Trinajstić information content (AvgIpc) is 2.34. The van der Waals surface area contributed by atoms with E-state index in [4.69, 9.17) is 17.3 Å². The molecule has 2 nitrogen and oxygen atoms in total. The van der Waals surface area contributed by atoms with Gasteiger partial charge in [-0.25, -0.2) is 4.39 Å². The van der Waals surface area contributed by atoms with Gasteiger partial charge in [0.15, 0.2) is 0 Å². The zero-order valence-corrected chi connectivity index (χ0v) is 12.6. The molecule has 2 aromatic carbocycles. The molecule has 2 rings (SSSR count). The first-order valence-electron chi connectivity index (χ1n) is 5.56. The maximum absolute atomic E-state index is 13.5. The van der Waals surface area contributed by atoms with Crippen LogP contribution in [0.3, 0.4) is 0 Å². The first-order chi connectivity index (χ1) is 9.66. The van der Waals surface area contributed by atoms with Gasteiger partial charge in [-0.3, -0.25) is 0 Å². The molecule has 0 heterocycles. The number of alkyl halides is 3. The van der Waals surface area contributed by atoms with Gasteiger partial charge in [-0.1, -0.05) is 11.6 Å². The molecule has 0 aliphatic carbocycles. The van der Waals surface area contributed by atoms with Crippen molar-refractivity contribution >= 4 is 44.6 Å². The molecule has 0 fully saturated rings. The van der Waals surface area contributed by atoms with E-state index >= 15 is 0 Å². The van der Waals surface area contributed by atoms with Gasteiger partial charge in [0.05, 0.1) is 21.4 Å². The molecule has 0 aliphatic rings. The van der Waals surface area contributed by atoms with Gasteiger partial charge in [-0.2, -0.15) is 13.2 Å². The number of halogens is 6. The van der Waals surface area contributed by atoms with Gasteiger partial charge in [0.1, 0.15) is 5.82 Å². The summed E-state index contributed by atoms with van der Waals surface area (Å²) in [5.41, 5.74) is 5.16. The Morgan fingerprint density at radius 3 is 2.38 bits per heavy atom. The molecule has 0 aromatic heterocycles. The Bertz CT molecular complexity index is 689. The summed E-state index contributed by atoms with van der Waals surface area (Å²) >= 11 is 8.63. The molecule has 8 heteroatoms. The minimum atomic E-state index is -4.53. The van der Waals surface area contributed by atoms with Crippen molar-refractivity contribution in [2.24, 2.45) is 0 Å². The molecule has 0 unspecified atom stereocenters. The number of hydrogen-bond donors (Lipinski definition) is 2. The van der Waals surface area contributed by atoms with Crippen molar-refractivity contribution in [3.05, 3.63) is 51.2 Å². The van der Waals surface area contributed by atoms with Crippen molar-refractivity contribution in [1.82, 2.24) is 0 Å². The number of rotatable bonds is 2. The molecule has 112 valence electrons. The van der Waals surface area contributed by atoms with E-state index < -0.39 is 17.6 Å². The second-order valence-corrected chi connectivity index (χ2v) is 5.50. The lowest BCUT2D eigenvalue weighted by Crippen LogP contribution is -2.06. The predicted molar refractivity (Wildman–Crippen MR) is 78.2 cm³/mol. The van der Waals surface area contributed by atoms with Crippen LogP contribution in [0.15, 0.2) is 34.8 Å². The maximum atomic E-state index is 13.5. The van der Waals surface area contributed by atoms with Crippen LogP contribution in [0, 0.1) is 5.82 Å². The minimum absolute atomic E-state index is 0.0586.